The zero-order valence-electron chi connectivity index (χ0n) is 17.2. The first-order valence-corrected chi connectivity index (χ1v) is 10.6. The Morgan fingerprint density at radius 1 is 1.26 bits per heavy atom. The molecule has 2 atom stereocenters. The summed E-state index contributed by atoms with van der Waals surface area (Å²) in [6, 6.07) is 10.1. The highest BCUT2D eigenvalue weighted by molar-refractivity contribution is 5.79. The lowest BCUT2D eigenvalue weighted by Crippen LogP contribution is -2.39. The van der Waals surface area contributed by atoms with Crippen molar-refractivity contribution in [3.8, 4) is 0 Å². The number of guanidine groups is 1. The predicted molar refractivity (Wildman–Crippen MR) is 114 cm³/mol. The fourth-order valence-electron chi connectivity index (χ4n) is 3.69. The minimum absolute atomic E-state index is 0.0442. The van der Waals surface area contributed by atoms with Crippen LogP contribution in [0.5, 0.6) is 0 Å². The van der Waals surface area contributed by atoms with Gasteiger partial charge in [-0.3, -0.25) is 4.99 Å². The monoisotopic (exact) mass is 374 g/mol. The van der Waals surface area contributed by atoms with Crippen LogP contribution in [0.1, 0.15) is 51.0 Å². The summed E-state index contributed by atoms with van der Waals surface area (Å²) in [6.45, 7) is 10.7. The molecule has 5 heteroatoms. The number of likely N-dealkylation sites (tertiary alicyclic amines) is 1. The Morgan fingerprint density at radius 2 is 2.07 bits per heavy atom. The number of rotatable bonds is 10. The molecule has 1 aliphatic heterocycles. The minimum atomic E-state index is 0.0442. The Balaban J connectivity index is 1.71. The Morgan fingerprint density at radius 3 is 2.78 bits per heavy atom. The van der Waals surface area contributed by atoms with Crippen LogP contribution in [0.2, 0.25) is 0 Å². The van der Waals surface area contributed by atoms with Crippen molar-refractivity contribution in [3.05, 3.63) is 35.9 Å². The molecular weight excluding hydrogens is 336 g/mol. The molecule has 1 aromatic carbocycles. The maximum Gasteiger partial charge on any atom is 0.191 e. The topological polar surface area (TPSA) is 59.9 Å². The van der Waals surface area contributed by atoms with Gasteiger partial charge in [0.05, 0.1) is 13.2 Å². The van der Waals surface area contributed by atoms with Crippen molar-refractivity contribution in [3.63, 3.8) is 0 Å². The molecule has 0 amide bonds. The lowest BCUT2D eigenvalue weighted by Gasteiger charge is -2.30. The third kappa shape index (κ3) is 8.31. The number of aliphatic hydroxyl groups is 1. The lowest BCUT2D eigenvalue weighted by atomic mass is 10.0. The number of hydrogen-bond donors (Lipinski definition) is 3. The molecular formula is C22H38N4O. The van der Waals surface area contributed by atoms with E-state index in [1.807, 2.05) is 18.2 Å². The third-order valence-electron chi connectivity index (χ3n) is 5.24. The average molecular weight is 375 g/mol. The molecule has 3 N–H and O–H groups in total. The first kappa shape index (κ1) is 21.7. The largest absolute Gasteiger partial charge is 0.396 e. The Bertz CT molecular complexity index is 534. The Labute approximate surface area is 165 Å². The van der Waals surface area contributed by atoms with Crippen molar-refractivity contribution >= 4 is 5.96 Å². The highest BCUT2D eigenvalue weighted by Crippen LogP contribution is 2.16. The van der Waals surface area contributed by atoms with E-state index in [4.69, 9.17) is 0 Å². The number of nitrogens with zero attached hydrogens (tertiary/aromatic N) is 2. The number of aliphatic imine (C=N–C) groups is 1. The van der Waals surface area contributed by atoms with Gasteiger partial charge < -0.3 is 20.6 Å². The molecule has 1 heterocycles. The Kier molecular flexibility index (Phi) is 10.2. The van der Waals surface area contributed by atoms with Crippen molar-refractivity contribution in [2.24, 2.45) is 10.9 Å². The van der Waals surface area contributed by atoms with E-state index in [-0.39, 0.29) is 12.5 Å². The Hall–Kier alpha value is -1.59. The summed E-state index contributed by atoms with van der Waals surface area (Å²) in [5.74, 6) is 1.75. The summed E-state index contributed by atoms with van der Waals surface area (Å²) in [7, 11) is 0. The number of unbranched alkanes of at least 4 members (excludes halogenated alkanes) is 1. The van der Waals surface area contributed by atoms with Gasteiger partial charge >= 0.3 is 0 Å². The van der Waals surface area contributed by atoms with Crippen LogP contribution in [-0.2, 0) is 0 Å². The van der Waals surface area contributed by atoms with Crippen LogP contribution in [0, 0.1) is 5.92 Å². The second kappa shape index (κ2) is 12.7. The van der Waals surface area contributed by atoms with E-state index in [1.54, 1.807) is 0 Å². The summed E-state index contributed by atoms with van der Waals surface area (Å²) in [4.78, 5) is 7.29. The quantitative estimate of drug-likeness (QED) is 0.335. The fourth-order valence-corrected chi connectivity index (χ4v) is 3.69. The van der Waals surface area contributed by atoms with Crippen LogP contribution in [0.25, 0.3) is 0 Å². The van der Waals surface area contributed by atoms with Gasteiger partial charge in [-0.15, -0.1) is 0 Å². The lowest BCUT2D eigenvalue weighted by molar-refractivity contribution is 0.181. The molecule has 0 aromatic heterocycles. The van der Waals surface area contributed by atoms with E-state index in [2.05, 4.69) is 46.5 Å². The molecule has 152 valence electrons. The molecule has 27 heavy (non-hydrogen) atoms. The maximum absolute atomic E-state index is 9.70. The minimum Gasteiger partial charge on any atom is -0.396 e. The second-order valence-corrected chi connectivity index (χ2v) is 7.69. The van der Waals surface area contributed by atoms with Crippen molar-refractivity contribution in [1.29, 1.82) is 0 Å². The van der Waals surface area contributed by atoms with Crippen molar-refractivity contribution in [2.45, 2.75) is 45.4 Å². The first-order chi connectivity index (χ1) is 13.2. The summed E-state index contributed by atoms with van der Waals surface area (Å²) >= 11 is 0. The number of aliphatic hydroxyl groups excluding tert-OH is 1. The number of hydrogen-bond acceptors (Lipinski definition) is 3. The molecule has 0 spiro atoms. The van der Waals surface area contributed by atoms with Gasteiger partial charge in [0.25, 0.3) is 0 Å². The summed E-state index contributed by atoms with van der Waals surface area (Å²) in [6.07, 6.45) is 5.11. The molecule has 1 aromatic rings. The van der Waals surface area contributed by atoms with E-state index < -0.39 is 0 Å². The SMILES string of the molecule is CCNC(=NCC(CO)c1ccccc1)NCCCCN1CCCC(C)C1. The molecule has 1 saturated heterocycles. The van der Waals surface area contributed by atoms with Gasteiger partial charge in [0.15, 0.2) is 5.96 Å². The van der Waals surface area contributed by atoms with Gasteiger partial charge in [0.2, 0.25) is 0 Å². The van der Waals surface area contributed by atoms with Crippen LogP contribution in [0.4, 0.5) is 0 Å². The van der Waals surface area contributed by atoms with E-state index in [9.17, 15) is 5.11 Å². The summed E-state index contributed by atoms with van der Waals surface area (Å²) < 4.78 is 0. The van der Waals surface area contributed by atoms with Crippen LogP contribution in [-0.4, -0.2) is 61.8 Å². The average Bonchev–Trinajstić information content (AvgIpc) is 2.69. The zero-order chi connectivity index (χ0) is 19.3. The summed E-state index contributed by atoms with van der Waals surface area (Å²) in [5, 5.41) is 16.4. The van der Waals surface area contributed by atoms with Crippen LogP contribution < -0.4 is 10.6 Å². The normalized spacial score (nSPS) is 19.7. The molecule has 1 fully saturated rings. The van der Waals surface area contributed by atoms with E-state index in [1.165, 1.54) is 38.9 Å². The molecule has 0 aliphatic carbocycles. The first-order valence-electron chi connectivity index (χ1n) is 10.6. The van der Waals surface area contributed by atoms with Crippen LogP contribution >= 0.6 is 0 Å². The van der Waals surface area contributed by atoms with Crippen molar-refractivity contribution in [2.75, 3.05) is 45.9 Å². The van der Waals surface area contributed by atoms with Gasteiger partial charge in [0.1, 0.15) is 0 Å². The molecule has 0 radical (unpaired) electrons. The standard InChI is InChI=1S/C22H38N4O/c1-3-23-22(25-16-21(18-27)20-11-5-4-6-12-20)24-13-7-8-14-26-15-9-10-19(2)17-26/h4-6,11-12,19,21,27H,3,7-10,13-18H2,1-2H3,(H2,23,24,25). The smallest absolute Gasteiger partial charge is 0.191 e. The molecule has 0 bridgehead atoms. The molecule has 2 unspecified atom stereocenters. The highest BCUT2D eigenvalue weighted by atomic mass is 16.3. The van der Waals surface area contributed by atoms with Crippen molar-refractivity contribution in [1.82, 2.24) is 15.5 Å². The van der Waals surface area contributed by atoms with Crippen LogP contribution in [0.15, 0.2) is 35.3 Å². The van der Waals surface area contributed by atoms with Gasteiger partial charge in [-0.2, -0.15) is 0 Å². The third-order valence-corrected chi connectivity index (χ3v) is 5.24. The molecule has 5 nitrogen and oxygen atoms in total. The van der Waals surface area contributed by atoms with Gasteiger partial charge in [-0.25, -0.2) is 0 Å². The number of nitrogens with one attached hydrogen (secondary N) is 2. The second-order valence-electron chi connectivity index (χ2n) is 7.69. The molecule has 2 rings (SSSR count). The molecule has 1 aliphatic rings. The zero-order valence-corrected chi connectivity index (χ0v) is 17.2. The highest BCUT2D eigenvalue weighted by Gasteiger charge is 2.15. The molecule has 0 saturated carbocycles. The predicted octanol–water partition coefficient (Wildman–Crippen LogP) is 2.83. The van der Waals surface area contributed by atoms with E-state index in [0.29, 0.717) is 6.54 Å². The maximum atomic E-state index is 9.70. The van der Waals surface area contributed by atoms with Gasteiger partial charge in [-0.1, -0.05) is 37.3 Å². The van der Waals surface area contributed by atoms with Crippen molar-refractivity contribution < 1.29 is 5.11 Å². The summed E-state index contributed by atoms with van der Waals surface area (Å²) in [5.41, 5.74) is 1.13. The van der Waals surface area contributed by atoms with E-state index >= 15 is 0 Å². The van der Waals surface area contributed by atoms with Crippen LogP contribution in [0.3, 0.4) is 0 Å². The fraction of sp³-hybridized carbons (Fsp3) is 0.682. The number of piperidine rings is 1. The van der Waals surface area contributed by atoms with E-state index in [0.717, 1.165) is 37.0 Å². The van der Waals surface area contributed by atoms with Gasteiger partial charge in [0, 0.05) is 25.6 Å². The van der Waals surface area contributed by atoms with Gasteiger partial charge in [-0.05, 0) is 57.2 Å². The number of benzene rings is 1.